The monoisotopic (exact) mass is 204 g/mol. The van der Waals surface area contributed by atoms with Crippen LogP contribution in [0.15, 0.2) is 0 Å². The number of nitrogens with zero attached hydrogens (tertiary/aromatic N) is 1. The average molecular weight is 204 g/mol. The molecule has 0 aromatic carbocycles. The van der Waals surface area contributed by atoms with Gasteiger partial charge in [0, 0.05) is 0 Å². The number of ether oxygens (including phenoxy) is 1. The summed E-state index contributed by atoms with van der Waals surface area (Å²) in [5.74, 6) is -1.40. The lowest BCUT2D eigenvalue weighted by molar-refractivity contribution is -0.0937. The predicted octanol–water partition coefficient (Wildman–Crippen LogP) is 0.739. The van der Waals surface area contributed by atoms with Gasteiger partial charge in [0.25, 0.3) is 0 Å². The van der Waals surface area contributed by atoms with Crippen LogP contribution in [0.25, 0.3) is 0 Å². The summed E-state index contributed by atoms with van der Waals surface area (Å²) < 4.78 is 4.99. The second-order valence-electron chi connectivity index (χ2n) is 4.54. The molecular formula is C9H20N2O3. The predicted molar refractivity (Wildman–Crippen MR) is 53.7 cm³/mol. The van der Waals surface area contributed by atoms with Gasteiger partial charge in [-0.3, -0.25) is 10.2 Å². The normalized spacial score (nSPS) is 16.3. The van der Waals surface area contributed by atoms with Crippen LogP contribution >= 0.6 is 0 Å². The van der Waals surface area contributed by atoms with Gasteiger partial charge in [-0.15, -0.1) is 0 Å². The Morgan fingerprint density at radius 2 is 1.71 bits per heavy atom. The maximum absolute atomic E-state index is 11.3. The van der Waals surface area contributed by atoms with Crippen molar-refractivity contribution in [3.8, 4) is 0 Å². The van der Waals surface area contributed by atoms with Crippen LogP contribution in [0.5, 0.6) is 0 Å². The summed E-state index contributed by atoms with van der Waals surface area (Å²) in [5, 5.41) is 12.0. The van der Waals surface area contributed by atoms with E-state index in [0.717, 1.165) is 0 Å². The number of aliphatic hydroxyl groups is 1. The van der Waals surface area contributed by atoms with Crippen molar-refractivity contribution in [3.63, 3.8) is 0 Å². The van der Waals surface area contributed by atoms with E-state index in [2.05, 4.69) is 5.32 Å². The van der Waals surface area contributed by atoms with Crippen LogP contribution in [0, 0.1) is 0 Å². The van der Waals surface area contributed by atoms with Gasteiger partial charge in [0.05, 0.1) is 0 Å². The summed E-state index contributed by atoms with van der Waals surface area (Å²) in [6.45, 7) is 6.75. The molecule has 0 saturated heterocycles. The minimum Gasteiger partial charge on any atom is -0.444 e. The van der Waals surface area contributed by atoms with Crippen LogP contribution in [-0.4, -0.2) is 41.6 Å². The molecule has 0 saturated carbocycles. The Balaban J connectivity index is 4.20. The van der Waals surface area contributed by atoms with Gasteiger partial charge >= 0.3 is 6.09 Å². The van der Waals surface area contributed by atoms with Gasteiger partial charge in [0.15, 0.2) is 5.85 Å². The molecule has 0 heterocycles. The average Bonchev–Trinajstić information content (AvgIpc) is 1.79. The fraction of sp³-hybridized carbons (Fsp3) is 0.889. The third-order valence-corrected chi connectivity index (χ3v) is 1.61. The zero-order valence-corrected chi connectivity index (χ0v) is 9.71. The number of nitrogens with one attached hydrogen (secondary N) is 1. The SMILES string of the molecule is CN(C)[C@@](C)(O)NC(=O)OC(C)(C)C. The van der Waals surface area contributed by atoms with Crippen molar-refractivity contribution in [3.05, 3.63) is 0 Å². The lowest BCUT2D eigenvalue weighted by Gasteiger charge is -2.32. The maximum atomic E-state index is 11.3. The summed E-state index contributed by atoms with van der Waals surface area (Å²) >= 11 is 0. The first-order valence-corrected chi connectivity index (χ1v) is 4.45. The summed E-state index contributed by atoms with van der Waals surface area (Å²) in [6.07, 6.45) is -0.642. The van der Waals surface area contributed by atoms with Crippen molar-refractivity contribution in [1.82, 2.24) is 10.2 Å². The molecule has 0 aliphatic heterocycles. The molecule has 0 bridgehead atoms. The van der Waals surface area contributed by atoms with Gasteiger partial charge in [-0.25, -0.2) is 4.79 Å². The number of carbonyl (C=O) groups is 1. The summed E-state index contributed by atoms with van der Waals surface area (Å²) in [6, 6.07) is 0. The van der Waals surface area contributed by atoms with Gasteiger partial charge in [-0.2, -0.15) is 0 Å². The second-order valence-corrected chi connectivity index (χ2v) is 4.54. The molecule has 14 heavy (non-hydrogen) atoms. The van der Waals surface area contributed by atoms with Crippen LogP contribution in [0.1, 0.15) is 27.7 Å². The van der Waals surface area contributed by atoms with E-state index in [9.17, 15) is 9.90 Å². The first-order valence-electron chi connectivity index (χ1n) is 4.45. The maximum Gasteiger partial charge on any atom is 0.410 e. The van der Waals surface area contributed by atoms with Crippen LogP contribution < -0.4 is 5.32 Å². The zero-order valence-electron chi connectivity index (χ0n) is 9.71. The van der Waals surface area contributed by atoms with Gasteiger partial charge in [-0.1, -0.05) is 0 Å². The van der Waals surface area contributed by atoms with E-state index in [4.69, 9.17) is 4.74 Å². The van der Waals surface area contributed by atoms with Crippen molar-refractivity contribution in [2.45, 2.75) is 39.1 Å². The Bertz CT molecular complexity index is 207. The topological polar surface area (TPSA) is 61.8 Å². The number of carbonyl (C=O) groups excluding carboxylic acids is 1. The lowest BCUT2D eigenvalue weighted by atomic mass is 10.2. The highest BCUT2D eigenvalue weighted by Gasteiger charge is 2.27. The molecule has 0 rings (SSSR count). The Labute approximate surface area is 85.0 Å². The molecule has 5 heteroatoms. The third kappa shape index (κ3) is 5.04. The Morgan fingerprint density at radius 1 is 1.29 bits per heavy atom. The van der Waals surface area contributed by atoms with E-state index in [1.165, 1.54) is 11.8 Å². The van der Waals surface area contributed by atoms with Gasteiger partial charge in [0.2, 0.25) is 0 Å². The van der Waals surface area contributed by atoms with Gasteiger partial charge in [-0.05, 0) is 41.8 Å². The van der Waals surface area contributed by atoms with Crippen LogP contribution in [0.4, 0.5) is 4.79 Å². The molecule has 84 valence electrons. The Morgan fingerprint density at radius 3 is 2.00 bits per heavy atom. The summed E-state index contributed by atoms with van der Waals surface area (Å²) in [5.41, 5.74) is -0.563. The molecule has 0 radical (unpaired) electrons. The fourth-order valence-corrected chi connectivity index (χ4v) is 0.609. The molecule has 1 atom stereocenters. The van der Waals surface area contributed by atoms with Gasteiger partial charge < -0.3 is 9.84 Å². The first-order chi connectivity index (χ1) is 6.04. The van der Waals surface area contributed by atoms with Gasteiger partial charge in [0.1, 0.15) is 5.60 Å². The van der Waals surface area contributed by atoms with E-state index >= 15 is 0 Å². The smallest absolute Gasteiger partial charge is 0.410 e. The molecule has 0 aliphatic carbocycles. The third-order valence-electron chi connectivity index (χ3n) is 1.61. The largest absolute Gasteiger partial charge is 0.444 e. The van der Waals surface area contributed by atoms with E-state index in [-0.39, 0.29) is 0 Å². The first kappa shape index (κ1) is 13.2. The molecule has 5 nitrogen and oxygen atoms in total. The summed E-state index contributed by atoms with van der Waals surface area (Å²) in [7, 11) is 3.30. The minimum atomic E-state index is -1.40. The molecule has 0 aromatic rings. The van der Waals surface area contributed by atoms with Crippen molar-refractivity contribution in [1.29, 1.82) is 0 Å². The van der Waals surface area contributed by atoms with E-state index in [1.807, 2.05) is 0 Å². The van der Waals surface area contributed by atoms with Crippen molar-refractivity contribution >= 4 is 6.09 Å². The highest BCUT2D eigenvalue weighted by atomic mass is 16.6. The van der Waals surface area contributed by atoms with Crippen molar-refractivity contribution in [2.24, 2.45) is 0 Å². The molecule has 0 aliphatic rings. The van der Waals surface area contributed by atoms with E-state index < -0.39 is 17.5 Å². The highest BCUT2D eigenvalue weighted by Crippen LogP contribution is 2.09. The molecule has 1 amide bonds. The summed E-state index contributed by atoms with van der Waals surface area (Å²) in [4.78, 5) is 12.7. The number of amides is 1. The molecule has 0 fully saturated rings. The zero-order chi connectivity index (χ0) is 11.6. The number of hydrogen-bond acceptors (Lipinski definition) is 4. The van der Waals surface area contributed by atoms with Crippen molar-refractivity contribution < 1.29 is 14.6 Å². The van der Waals surface area contributed by atoms with Crippen LogP contribution in [0.2, 0.25) is 0 Å². The number of hydrogen-bond donors (Lipinski definition) is 2. The minimum absolute atomic E-state index is 0.563. The van der Waals surface area contributed by atoms with Crippen molar-refractivity contribution in [2.75, 3.05) is 14.1 Å². The van der Waals surface area contributed by atoms with E-state index in [1.54, 1.807) is 34.9 Å². The van der Waals surface area contributed by atoms with Crippen LogP contribution in [-0.2, 0) is 4.74 Å². The fourth-order valence-electron chi connectivity index (χ4n) is 0.609. The second kappa shape index (κ2) is 4.14. The number of alkyl carbamates (subject to hydrolysis) is 1. The molecule has 0 spiro atoms. The molecular weight excluding hydrogens is 184 g/mol. The molecule has 2 N–H and O–H groups in total. The van der Waals surface area contributed by atoms with Crippen LogP contribution in [0.3, 0.4) is 0 Å². The quantitative estimate of drug-likeness (QED) is 0.651. The Hall–Kier alpha value is -0.810. The Kier molecular flexibility index (Phi) is 3.91. The number of rotatable bonds is 2. The standard InChI is InChI=1S/C9H20N2O3/c1-8(2,3)14-7(12)10-9(4,13)11(5)6/h13H,1-6H3,(H,10,12)/t9-/m0/s1. The highest BCUT2D eigenvalue weighted by molar-refractivity contribution is 5.68. The molecule has 0 unspecified atom stereocenters. The van der Waals surface area contributed by atoms with E-state index in [0.29, 0.717) is 0 Å². The molecule has 0 aromatic heterocycles. The lowest BCUT2D eigenvalue weighted by Crippen LogP contribution is -2.56.